The zero-order valence-corrected chi connectivity index (χ0v) is 11.1. The molecule has 0 N–H and O–H groups in total. The van der Waals surface area contributed by atoms with Gasteiger partial charge in [-0.15, -0.1) is 34.8 Å². The maximum Gasteiger partial charge on any atom is 0.0397 e. The fraction of sp³-hybridized carbons (Fsp3) is 0.900. The van der Waals surface area contributed by atoms with Crippen LogP contribution in [0.2, 0.25) is 0 Å². The predicted octanol–water partition coefficient (Wildman–Crippen LogP) is 4.47. The van der Waals surface area contributed by atoms with E-state index >= 15 is 0 Å². The molecule has 0 nitrogen and oxygen atoms in total. The lowest BCUT2D eigenvalue weighted by molar-refractivity contribution is 0.290. The lowest BCUT2D eigenvalue weighted by Crippen LogP contribution is -2.47. The Hall–Kier alpha value is 0.870. The van der Waals surface area contributed by atoms with Gasteiger partial charge < -0.3 is 0 Å². The number of hydrogen-bond donors (Lipinski definition) is 0. The van der Waals surface area contributed by atoms with Gasteiger partial charge in [0.15, 0.2) is 0 Å². The number of alkyl halides is 3. The number of hydrogen-bond acceptors (Lipinski definition) is 0. The standard InChI is InChI=1S/C10H18Cl3/c1-6(2)10(7(3)11,8(4)12)9(5)13/h7-9H,1-5H3. The van der Waals surface area contributed by atoms with Crippen molar-refractivity contribution >= 4 is 34.8 Å². The van der Waals surface area contributed by atoms with Crippen molar-refractivity contribution < 1.29 is 0 Å². The molecule has 0 saturated carbocycles. The Kier molecular flexibility index (Phi) is 5.43. The summed E-state index contributed by atoms with van der Waals surface area (Å²) in [5.41, 5.74) is -0.287. The van der Waals surface area contributed by atoms with Crippen LogP contribution in [0.5, 0.6) is 0 Å². The summed E-state index contributed by atoms with van der Waals surface area (Å²) in [4.78, 5) is 0. The van der Waals surface area contributed by atoms with Crippen LogP contribution in [0.3, 0.4) is 0 Å². The van der Waals surface area contributed by atoms with Crippen LogP contribution in [0.15, 0.2) is 0 Å². The summed E-state index contributed by atoms with van der Waals surface area (Å²) < 4.78 is 0. The minimum Gasteiger partial charge on any atom is -0.123 e. The van der Waals surface area contributed by atoms with E-state index in [0.717, 1.165) is 0 Å². The fourth-order valence-electron chi connectivity index (χ4n) is 2.14. The summed E-state index contributed by atoms with van der Waals surface area (Å²) in [7, 11) is 0. The first-order valence-electron chi connectivity index (χ1n) is 4.50. The summed E-state index contributed by atoms with van der Waals surface area (Å²) in [6.07, 6.45) is 0. The number of rotatable bonds is 4. The summed E-state index contributed by atoms with van der Waals surface area (Å²) in [6, 6.07) is 0. The quantitative estimate of drug-likeness (QED) is 0.640. The second-order valence-corrected chi connectivity index (χ2v) is 5.74. The molecule has 0 rings (SSSR count). The van der Waals surface area contributed by atoms with Gasteiger partial charge in [0.1, 0.15) is 0 Å². The molecule has 0 aliphatic rings. The van der Waals surface area contributed by atoms with Gasteiger partial charge in [-0.25, -0.2) is 0 Å². The lowest BCUT2D eigenvalue weighted by Gasteiger charge is -2.44. The van der Waals surface area contributed by atoms with Gasteiger partial charge in [0.25, 0.3) is 0 Å². The average Bonchev–Trinajstić information content (AvgIpc) is 1.82. The predicted molar refractivity (Wildman–Crippen MR) is 63.0 cm³/mol. The fourth-order valence-corrected chi connectivity index (χ4v) is 4.12. The molecule has 0 aromatic rings. The van der Waals surface area contributed by atoms with Gasteiger partial charge in [-0.3, -0.25) is 0 Å². The van der Waals surface area contributed by atoms with E-state index in [1.807, 2.05) is 34.6 Å². The minimum atomic E-state index is -0.287. The van der Waals surface area contributed by atoms with Crippen LogP contribution in [-0.4, -0.2) is 16.1 Å². The van der Waals surface area contributed by atoms with Crippen LogP contribution in [0.25, 0.3) is 0 Å². The van der Waals surface area contributed by atoms with E-state index in [1.165, 1.54) is 5.92 Å². The van der Waals surface area contributed by atoms with E-state index in [-0.39, 0.29) is 21.5 Å². The third-order valence-corrected chi connectivity index (χ3v) is 3.92. The van der Waals surface area contributed by atoms with E-state index in [9.17, 15) is 0 Å². The van der Waals surface area contributed by atoms with Crippen molar-refractivity contribution in [3.8, 4) is 0 Å². The van der Waals surface area contributed by atoms with Gasteiger partial charge in [0, 0.05) is 21.5 Å². The van der Waals surface area contributed by atoms with E-state index in [4.69, 9.17) is 34.8 Å². The molecule has 0 heterocycles. The average molecular weight is 245 g/mol. The molecule has 0 aromatic carbocycles. The van der Waals surface area contributed by atoms with Crippen molar-refractivity contribution in [2.45, 2.75) is 50.7 Å². The molecule has 1 radical (unpaired) electrons. The molecule has 0 saturated heterocycles. The van der Waals surface area contributed by atoms with Crippen LogP contribution >= 0.6 is 34.8 Å². The van der Waals surface area contributed by atoms with Crippen molar-refractivity contribution in [3.63, 3.8) is 0 Å². The smallest absolute Gasteiger partial charge is 0.0397 e. The van der Waals surface area contributed by atoms with E-state index in [0.29, 0.717) is 0 Å². The minimum absolute atomic E-state index is 0.0579. The Bertz CT molecular complexity index is 113. The Labute approximate surface area is 96.9 Å². The topological polar surface area (TPSA) is 0 Å². The molecule has 79 valence electrons. The molecular formula is C10H18Cl3. The third kappa shape index (κ3) is 2.46. The normalized spacial score (nSPS) is 23.8. The van der Waals surface area contributed by atoms with Crippen LogP contribution in [-0.2, 0) is 0 Å². The van der Waals surface area contributed by atoms with Crippen molar-refractivity contribution in [2.75, 3.05) is 0 Å². The number of halogens is 3. The molecule has 0 bridgehead atoms. The first-order chi connectivity index (χ1) is 5.77. The maximum absolute atomic E-state index is 6.20. The second kappa shape index (κ2) is 5.09. The van der Waals surface area contributed by atoms with Crippen LogP contribution < -0.4 is 0 Å². The summed E-state index contributed by atoms with van der Waals surface area (Å²) in [5.74, 6) is 1.19. The van der Waals surface area contributed by atoms with Gasteiger partial charge in [-0.2, -0.15) is 0 Å². The lowest BCUT2D eigenvalue weighted by atomic mass is 9.70. The first kappa shape index (κ1) is 13.9. The summed E-state index contributed by atoms with van der Waals surface area (Å²) >= 11 is 18.6. The monoisotopic (exact) mass is 243 g/mol. The van der Waals surface area contributed by atoms with Crippen molar-refractivity contribution in [2.24, 2.45) is 5.41 Å². The zero-order valence-electron chi connectivity index (χ0n) is 8.87. The van der Waals surface area contributed by atoms with Gasteiger partial charge in [0.05, 0.1) is 0 Å². The molecule has 0 fully saturated rings. The molecular weight excluding hydrogens is 226 g/mol. The van der Waals surface area contributed by atoms with E-state index < -0.39 is 0 Å². The molecule has 3 atom stereocenters. The maximum atomic E-state index is 6.20. The second-order valence-electron chi connectivity index (χ2n) is 3.78. The molecule has 0 aliphatic heterocycles. The Morgan fingerprint density at radius 3 is 1.08 bits per heavy atom. The molecule has 0 aromatic heterocycles. The molecule has 3 heteroatoms. The highest BCUT2D eigenvalue weighted by Crippen LogP contribution is 2.47. The van der Waals surface area contributed by atoms with Crippen LogP contribution in [0.1, 0.15) is 34.6 Å². The van der Waals surface area contributed by atoms with E-state index in [1.54, 1.807) is 0 Å². The Balaban J connectivity index is 5.06. The SMILES string of the molecule is C[C](C)C(C(C)Cl)(C(C)Cl)C(C)Cl. The zero-order chi connectivity index (χ0) is 10.8. The van der Waals surface area contributed by atoms with Gasteiger partial charge in [-0.1, -0.05) is 13.8 Å². The summed E-state index contributed by atoms with van der Waals surface area (Å²) in [5, 5.41) is -0.174. The van der Waals surface area contributed by atoms with Crippen molar-refractivity contribution in [1.82, 2.24) is 0 Å². The molecule has 0 aliphatic carbocycles. The first-order valence-corrected chi connectivity index (χ1v) is 5.81. The van der Waals surface area contributed by atoms with Gasteiger partial charge in [-0.05, 0) is 26.7 Å². The highest BCUT2D eigenvalue weighted by atomic mass is 35.5. The Morgan fingerprint density at radius 2 is 1.08 bits per heavy atom. The van der Waals surface area contributed by atoms with Gasteiger partial charge >= 0.3 is 0 Å². The van der Waals surface area contributed by atoms with Crippen LogP contribution in [0.4, 0.5) is 0 Å². The van der Waals surface area contributed by atoms with E-state index in [2.05, 4.69) is 0 Å². The van der Waals surface area contributed by atoms with Crippen molar-refractivity contribution in [3.05, 3.63) is 5.92 Å². The highest BCUT2D eigenvalue weighted by molar-refractivity contribution is 6.27. The van der Waals surface area contributed by atoms with Crippen LogP contribution in [0, 0.1) is 11.3 Å². The third-order valence-electron chi connectivity index (χ3n) is 2.84. The largest absolute Gasteiger partial charge is 0.123 e. The Morgan fingerprint density at radius 1 is 0.846 bits per heavy atom. The molecule has 0 amide bonds. The molecule has 13 heavy (non-hydrogen) atoms. The van der Waals surface area contributed by atoms with Gasteiger partial charge in [0.2, 0.25) is 0 Å². The van der Waals surface area contributed by atoms with Crippen molar-refractivity contribution in [1.29, 1.82) is 0 Å². The molecule has 3 unspecified atom stereocenters. The molecule has 0 spiro atoms. The summed E-state index contributed by atoms with van der Waals surface area (Å²) in [6.45, 7) is 9.93. The highest BCUT2D eigenvalue weighted by Gasteiger charge is 2.46.